The van der Waals surface area contributed by atoms with E-state index in [1.165, 1.54) is 0 Å². The van der Waals surface area contributed by atoms with Crippen molar-refractivity contribution in [2.75, 3.05) is 26.2 Å². The number of rotatable bonds is 3. The Balaban J connectivity index is 1.40. The average Bonchev–Trinajstić information content (AvgIpc) is 3.43. The molecule has 1 atom stereocenters. The number of nitrogens with zero attached hydrogens (tertiary/aromatic N) is 6. The smallest absolute Gasteiger partial charge is 0.255 e. The van der Waals surface area contributed by atoms with Crippen molar-refractivity contribution in [1.82, 2.24) is 29.1 Å². The van der Waals surface area contributed by atoms with E-state index < -0.39 is 0 Å². The molecule has 0 bridgehead atoms. The quantitative estimate of drug-likeness (QED) is 0.636. The van der Waals surface area contributed by atoms with Gasteiger partial charge in [0, 0.05) is 69.9 Å². The standard InChI is InChI=1S/C24H28N6O2/c1-16-19(10-21(28(16)4)18-8-6-5-7-9-18)23(32)30-13-24(14-30)12-29(17(2)31)11-20(24)22-26-25-15-27(22)3/h5-10,15,20H,11-14H2,1-4H3. The highest BCUT2D eigenvalue weighted by molar-refractivity contribution is 5.97. The van der Waals surface area contributed by atoms with Crippen LogP contribution in [0.3, 0.4) is 0 Å². The number of hydrogen-bond donors (Lipinski definition) is 0. The highest BCUT2D eigenvalue weighted by atomic mass is 16.2. The van der Waals surface area contributed by atoms with Crippen molar-refractivity contribution in [3.05, 3.63) is 59.8 Å². The molecule has 32 heavy (non-hydrogen) atoms. The van der Waals surface area contributed by atoms with Crippen LogP contribution in [0.25, 0.3) is 11.3 Å². The summed E-state index contributed by atoms with van der Waals surface area (Å²) in [6, 6.07) is 12.1. The van der Waals surface area contributed by atoms with Crippen molar-refractivity contribution in [2.45, 2.75) is 19.8 Å². The summed E-state index contributed by atoms with van der Waals surface area (Å²) in [6.45, 7) is 6.08. The first-order valence-corrected chi connectivity index (χ1v) is 10.9. The minimum absolute atomic E-state index is 0.0453. The molecule has 0 radical (unpaired) electrons. The van der Waals surface area contributed by atoms with E-state index in [2.05, 4.69) is 26.9 Å². The average molecular weight is 433 g/mol. The van der Waals surface area contributed by atoms with Gasteiger partial charge < -0.3 is 18.9 Å². The lowest BCUT2D eigenvalue weighted by Gasteiger charge is -2.50. The van der Waals surface area contributed by atoms with Crippen LogP contribution in [0.2, 0.25) is 0 Å². The molecule has 1 unspecified atom stereocenters. The summed E-state index contributed by atoms with van der Waals surface area (Å²) in [5, 5.41) is 8.37. The Morgan fingerprint density at radius 1 is 1.06 bits per heavy atom. The Morgan fingerprint density at radius 2 is 1.75 bits per heavy atom. The lowest BCUT2D eigenvalue weighted by atomic mass is 9.71. The van der Waals surface area contributed by atoms with Crippen molar-refractivity contribution in [1.29, 1.82) is 0 Å². The molecule has 2 aliphatic heterocycles. The van der Waals surface area contributed by atoms with Gasteiger partial charge in [0.05, 0.1) is 5.56 Å². The maximum Gasteiger partial charge on any atom is 0.255 e. The Bertz CT molecular complexity index is 1190. The zero-order valence-corrected chi connectivity index (χ0v) is 18.9. The fraction of sp³-hybridized carbons (Fsp3) is 0.417. The van der Waals surface area contributed by atoms with Crippen LogP contribution < -0.4 is 0 Å². The molecule has 2 fully saturated rings. The molecule has 2 saturated heterocycles. The van der Waals surface area contributed by atoms with Gasteiger partial charge in [0.15, 0.2) is 0 Å². The second-order valence-corrected chi connectivity index (χ2v) is 9.23. The van der Waals surface area contributed by atoms with E-state index >= 15 is 0 Å². The van der Waals surface area contributed by atoms with Gasteiger partial charge in [0.25, 0.3) is 5.91 Å². The highest BCUT2D eigenvalue weighted by Crippen LogP contribution is 2.49. The minimum Gasteiger partial charge on any atom is -0.347 e. The molecular weight excluding hydrogens is 404 g/mol. The lowest BCUT2D eigenvalue weighted by Crippen LogP contribution is -2.61. The first-order valence-electron chi connectivity index (χ1n) is 10.9. The molecule has 0 N–H and O–H groups in total. The van der Waals surface area contributed by atoms with E-state index in [0.717, 1.165) is 28.3 Å². The Kier molecular flexibility index (Phi) is 4.69. The summed E-state index contributed by atoms with van der Waals surface area (Å²) >= 11 is 0. The summed E-state index contributed by atoms with van der Waals surface area (Å²) in [6.07, 6.45) is 1.69. The van der Waals surface area contributed by atoms with Gasteiger partial charge >= 0.3 is 0 Å². The topological polar surface area (TPSA) is 76.3 Å². The predicted octanol–water partition coefficient (Wildman–Crippen LogP) is 2.22. The van der Waals surface area contributed by atoms with Crippen molar-refractivity contribution >= 4 is 11.8 Å². The Morgan fingerprint density at radius 3 is 2.38 bits per heavy atom. The van der Waals surface area contributed by atoms with Gasteiger partial charge in [0.2, 0.25) is 5.91 Å². The first kappa shape index (κ1) is 20.5. The van der Waals surface area contributed by atoms with Gasteiger partial charge in [-0.2, -0.15) is 0 Å². The van der Waals surface area contributed by atoms with Crippen molar-refractivity contribution in [3.8, 4) is 11.3 Å². The number of carbonyl (C=O) groups is 2. The molecule has 8 heteroatoms. The molecule has 166 valence electrons. The third kappa shape index (κ3) is 3.04. The van der Waals surface area contributed by atoms with Crippen molar-refractivity contribution < 1.29 is 9.59 Å². The highest BCUT2D eigenvalue weighted by Gasteiger charge is 2.57. The molecule has 1 spiro atoms. The number of benzene rings is 1. The zero-order valence-electron chi connectivity index (χ0n) is 18.9. The summed E-state index contributed by atoms with van der Waals surface area (Å²) in [7, 11) is 3.93. The number of likely N-dealkylation sites (tertiary alicyclic amines) is 2. The van der Waals surface area contributed by atoms with Crippen LogP contribution in [0.1, 0.15) is 34.7 Å². The van der Waals surface area contributed by atoms with Crippen LogP contribution >= 0.6 is 0 Å². The Hall–Kier alpha value is -3.42. The lowest BCUT2D eigenvalue weighted by molar-refractivity contribution is -0.128. The van der Waals surface area contributed by atoms with Gasteiger partial charge in [-0.25, -0.2) is 0 Å². The number of aryl methyl sites for hydroxylation is 1. The third-order valence-corrected chi connectivity index (χ3v) is 7.29. The molecule has 0 aliphatic carbocycles. The van der Waals surface area contributed by atoms with Gasteiger partial charge in [-0.05, 0) is 18.6 Å². The maximum absolute atomic E-state index is 13.5. The SMILES string of the molecule is CC(=O)N1CC(c2nncn2C)C2(C1)CN(C(=O)c1cc(-c3ccccc3)n(C)c1C)C2. The van der Waals surface area contributed by atoms with Gasteiger partial charge in [0.1, 0.15) is 12.2 Å². The fourth-order valence-electron chi connectivity index (χ4n) is 5.32. The largest absolute Gasteiger partial charge is 0.347 e. The third-order valence-electron chi connectivity index (χ3n) is 7.29. The van der Waals surface area contributed by atoms with Gasteiger partial charge in [-0.1, -0.05) is 30.3 Å². The summed E-state index contributed by atoms with van der Waals surface area (Å²) in [5.74, 6) is 1.05. The predicted molar refractivity (Wildman–Crippen MR) is 120 cm³/mol. The van der Waals surface area contributed by atoms with Crippen molar-refractivity contribution in [2.24, 2.45) is 19.5 Å². The normalized spacial score (nSPS) is 19.4. The van der Waals surface area contributed by atoms with E-state index in [0.29, 0.717) is 26.2 Å². The van der Waals surface area contributed by atoms with Crippen LogP contribution in [0.5, 0.6) is 0 Å². The molecule has 1 aromatic carbocycles. The summed E-state index contributed by atoms with van der Waals surface area (Å²) in [5.41, 5.74) is 3.64. The van der Waals surface area contributed by atoms with E-state index in [1.807, 2.05) is 59.7 Å². The molecule has 5 rings (SSSR count). The molecule has 4 heterocycles. The molecular formula is C24H28N6O2. The van der Waals surface area contributed by atoms with Crippen LogP contribution in [0.15, 0.2) is 42.7 Å². The molecule has 8 nitrogen and oxygen atoms in total. The van der Waals surface area contributed by atoms with Crippen molar-refractivity contribution in [3.63, 3.8) is 0 Å². The second kappa shape index (κ2) is 7.32. The first-order chi connectivity index (χ1) is 15.3. The Labute approximate surface area is 187 Å². The van der Waals surface area contributed by atoms with Crippen LogP contribution in [0.4, 0.5) is 0 Å². The second-order valence-electron chi connectivity index (χ2n) is 9.23. The summed E-state index contributed by atoms with van der Waals surface area (Å²) < 4.78 is 4.00. The van der Waals surface area contributed by atoms with Crippen LogP contribution in [-0.2, 0) is 18.9 Å². The summed E-state index contributed by atoms with van der Waals surface area (Å²) in [4.78, 5) is 29.4. The number of hydrogen-bond acceptors (Lipinski definition) is 4. The number of carbonyl (C=O) groups excluding carboxylic acids is 2. The van der Waals surface area contributed by atoms with E-state index in [-0.39, 0.29) is 23.1 Å². The molecule has 2 aromatic heterocycles. The minimum atomic E-state index is -0.174. The molecule has 0 saturated carbocycles. The van der Waals surface area contributed by atoms with E-state index in [1.54, 1.807) is 13.3 Å². The number of amides is 2. The van der Waals surface area contributed by atoms with Gasteiger partial charge in [-0.3, -0.25) is 9.59 Å². The molecule has 3 aromatic rings. The zero-order chi connectivity index (χ0) is 22.6. The van der Waals surface area contributed by atoms with Crippen LogP contribution in [0, 0.1) is 12.3 Å². The van der Waals surface area contributed by atoms with E-state index in [4.69, 9.17) is 0 Å². The molecule has 2 amide bonds. The fourth-order valence-corrected chi connectivity index (χ4v) is 5.32. The monoisotopic (exact) mass is 432 g/mol. The van der Waals surface area contributed by atoms with Gasteiger partial charge in [-0.15, -0.1) is 10.2 Å². The molecule has 2 aliphatic rings. The maximum atomic E-state index is 13.5. The number of aromatic nitrogens is 4. The van der Waals surface area contributed by atoms with E-state index in [9.17, 15) is 9.59 Å². The van der Waals surface area contributed by atoms with Crippen LogP contribution in [-0.4, -0.2) is 67.1 Å².